The van der Waals surface area contributed by atoms with Crippen LogP contribution >= 0.6 is 0 Å². The Labute approximate surface area is 74.4 Å². The Morgan fingerprint density at radius 2 is 1.92 bits per heavy atom. The van der Waals surface area contributed by atoms with Gasteiger partial charge in [0.15, 0.2) is 12.4 Å². The molecule has 66 valence electrons. The fourth-order valence-corrected chi connectivity index (χ4v) is 1.21. The number of aryl methyl sites for hydroxylation is 1. The lowest BCUT2D eigenvalue weighted by molar-refractivity contribution is -0.671. The maximum Gasteiger partial charge on any atom is 0.170 e. The van der Waals surface area contributed by atoms with Crippen molar-refractivity contribution in [1.82, 2.24) is 0 Å². The van der Waals surface area contributed by atoms with Gasteiger partial charge in [-0.15, -0.1) is 0 Å². The predicted molar refractivity (Wildman–Crippen MR) is 51.2 cm³/mol. The summed E-state index contributed by atoms with van der Waals surface area (Å²) in [5.74, 6) is 0. The van der Waals surface area contributed by atoms with Crippen LogP contribution in [0.4, 0.5) is 5.69 Å². The van der Waals surface area contributed by atoms with Crippen molar-refractivity contribution in [1.29, 1.82) is 0 Å². The maximum atomic E-state index is 2.26. The zero-order valence-electron chi connectivity index (χ0n) is 8.12. The van der Waals surface area contributed by atoms with Gasteiger partial charge in [0, 0.05) is 31.4 Å². The third-order valence-corrected chi connectivity index (χ3v) is 1.96. The fraction of sp³-hybridized carbons (Fsp3) is 0.500. The lowest BCUT2D eigenvalue weighted by atomic mass is 10.3. The van der Waals surface area contributed by atoms with Gasteiger partial charge >= 0.3 is 0 Å². The van der Waals surface area contributed by atoms with Gasteiger partial charge in [-0.1, -0.05) is 6.92 Å². The van der Waals surface area contributed by atoms with Crippen molar-refractivity contribution >= 4 is 5.69 Å². The van der Waals surface area contributed by atoms with E-state index in [0.717, 1.165) is 6.54 Å². The van der Waals surface area contributed by atoms with E-state index in [9.17, 15) is 0 Å². The molecule has 0 fully saturated rings. The van der Waals surface area contributed by atoms with Crippen LogP contribution in [0, 0.1) is 0 Å². The lowest BCUT2D eigenvalue weighted by Crippen LogP contribution is -2.27. The molecule has 0 amide bonds. The van der Waals surface area contributed by atoms with Gasteiger partial charge in [-0.25, -0.2) is 4.57 Å². The highest BCUT2D eigenvalue weighted by Crippen LogP contribution is 2.08. The molecule has 0 saturated heterocycles. The average Bonchev–Trinajstić information content (AvgIpc) is 2.06. The van der Waals surface area contributed by atoms with Gasteiger partial charge in [-0.3, -0.25) is 0 Å². The molecule has 2 nitrogen and oxygen atoms in total. The SMILES string of the molecule is CCCN(C)c1cc[n+](C)cc1. The number of aromatic nitrogens is 1. The zero-order chi connectivity index (χ0) is 8.97. The summed E-state index contributed by atoms with van der Waals surface area (Å²) in [5.41, 5.74) is 1.29. The molecule has 0 aliphatic carbocycles. The Morgan fingerprint density at radius 3 is 2.42 bits per heavy atom. The summed E-state index contributed by atoms with van der Waals surface area (Å²) in [4.78, 5) is 2.26. The second-order valence-corrected chi connectivity index (χ2v) is 3.14. The number of hydrogen-bond donors (Lipinski definition) is 0. The van der Waals surface area contributed by atoms with E-state index in [0.29, 0.717) is 0 Å². The number of nitrogens with zero attached hydrogens (tertiary/aromatic N) is 2. The number of anilines is 1. The van der Waals surface area contributed by atoms with Crippen molar-refractivity contribution in [2.45, 2.75) is 13.3 Å². The minimum Gasteiger partial charge on any atom is -0.374 e. The topological polar surface area (TPSA) is 7.12 Å². The van der Waals surface area contributed by atoms with Crippen molar-refractivity contribution < 1.29 is 4.57 Å². The van der Waals surface area contributed by atoms with E-state index in [1.165, 1.54) is 12.1 Å². The molecule has 1 rings (SSSR count). The van der Waals surface area contributed by atoms with Gasteiger partial charge in [-0.05, 0) is 6.42 Å². The summed E-state index contributed by atoms with van der Waals surface area (Å²) in [6.07, 6.45) is 5.33. The first-order chi connectivity index (χ1) is 5.74. The lowest BCUT2D eigenvalue weighted by Gasteiger charge is -2.16. The molecule has 0 aromatic carbocycles. The van der Waals surface area contributed by atoms with E-state index in [1.807, 2.05) is 11.6 Å². The smallest absolute Gasteiger partial charge is 0.170 e. The summed E-state index contributed by atoms with van der Waals surface area (Å²) in [7, 11) is 4.16. The third kappa shape index (κ3) is 2.22. The highest BCUT2D eigenvalue weighted by Gasteiger charge is 1.99. The average molecular weight is 165 g/mol. The van der Waals surface area contributed by atoms with Gasteiger partial charge in [0.1, 0.15) is 7.05 Å². The first-order valence-electron chi connectivity index (χ1n) is 4.40. The van der Waals surface area contributed by atoms with Crippen molar-refractivity contribution in [3.63, 3.8) is 0 Å². The Morgan fingerprint density at radius 1 is 1.33 bits per heavy atom. The molecule has 2 heteroatoms. The summed E-state index contributed by atoms with van der Waals surface area (Å²) in [5, 5.41) is 0. The van der Waals surface area contributed by atoms with E-state index in [-0.39, 0.29) is 0 Å². The molecule has 0 N–H and O–H groups in total. The standard InChI is InChI=1S/C10H17N2/c1-4-7-12(3)10-5-8-11(2)9-6-10/h5-6,8-9H,4,7H2,1-3H3/q+1. The van der Waals surface area contributed by atoms with Gasteiger partial charge < -0.3 is 4.90 Å². The van der Waals surface area contributed by atoms with Crippen LogP contribution in [0.25, 0.3) is 0 Å². The van der Waals surface area contributed by atoms with Gasteiger partial charge in [0.25, 0.3) is 0 Å². The Kier molecular flexibility index (Phi) is 3.09. The largest absolute Gasteiger partial charge is 0.374 e. The monoisotopic (exact) mass is 165 g/mol. The molecule has 0 aliphatic heterocycles. The fourth-order valence-electron chi connectivity index (χ4n) is 1.21. The van der Waals surface area contributed by atoms with E-state index in [2.05, 4.69) is 43.4 Å². The second-order valence-electron chi connectivity index (χ2n) is 3.14. The molecule has 12 heavy (non-hydrogen) atoms. The van der Waals surface area contributed by atoms with E-state index in [1.54, 1.807) is 0 Å². The highest BCUT2D eigenvalue weighted by atomic mass is 15.1. The molecule has 0 spiro atoms. The van der Waals surface area contributed by atoms with E-state index in [4.69, 9.17) is 0 Å². The molecule has 0 unspecified atom stereocenters. The summed E-state index contributed by atoms with van der Waals surface area (Å²) in [6.45, 7) is 3.31. The van der Waals surface area contributed by atoms with Gasteiger partial charge in [0.2, 0.25) is 0 Å². The molecule has 0 radical (unpaired) electrons. The summed E-state index contributed by atoms with van der Waals surface area (Å²) < 4.78 is 2.04. The predicted octanol–water partition coefficient (Wildman–Crippen LogP) is 1.36. The minimum atomic E-state index is 1.12. The molecule has 0 aliphatic rings. The van der Waals surface area contributed by atoms with Gasteiger partial charge in [-0.2, -0.15) is 0 Å². The van der Waals surface area contributed by atoms with Crippen LogP contribution in [0.15, 0.2) is 24.5 Å². The van der Waals surface area contributed by atoms with Crippen LogP contribution in [-0.2, 0) is 7.05 Å². The molecular weight excluding hydrogens is 148 g/mol. The Bertz CT molecular complexity index is 228. The van der Waals surface area contributed by atoms with Crippen molar-refractivity contribution in [2.24, 2.45) is 7.05 Å². The number of hydrogen-bond acceptors (Lipinski definition) is 1. The summed E-state index contributed by atoms with van der Waals surface area (Å²) in [6, 6.07) is 4.27. The Balaban J connectivity index is 2.68. The Hall–Kier alpha value is -1.05. The quantitative estimate of drug-likeness (QED) is 0.613. The van der Waals surface area contributed by atoms with Crippen molar-refractivity contribution in [2.75, 3.05) is 18.5 Å². The molecule has 1 aromatic heterocycles. The molecule has 0 atom stereocenters. The molecule has 1 heterocycles. The van der Waals surface area contributed by atoms with E-state index >= 15 is 0 Å². The van der Waals surface area contributed by atoms with Crippen LogP contribution in [0.3, 0.4) is 0 Å². The molecular formula is C10H17N2+. The molecule has 1 aromatic rings. The second kappa shape index (κ2) is 4.10. The van der Waals surface area contributed by atoms with Crippen LogP contribution in [0.5, 0.6) is 0 Å². The van der Waals surface area contributed by atoms with Crippen LogP contribution < -0.4 is 9.47 Å². The number of rotatable bonds is 3. The normalized spacial score (nSPS) is 9.92. The highest BCUT2D eigenvalue weighted by molar-refractivity contribution is 5.42. The van der Waals surface area contributed by atoms with Crippen molar-refractivity contribution in [3.05, 3.63) is 24.5 Å². The van der Waals surface area contributed by atoms with Crippen molar-refractivity contribution in [3.8, 4) is 0 Å². The van der Waals surface area contributed by atoms with Crippen LogP contribution in [-0.4, -0.2) is 13.6 Å². The zero-order valence-corrected chi connectivity index (χ0v) is 8.12. The van der Waals surface area contributed by atoms with E-state index < -0.39 is 0 Å². The molecule has 0 saturated carbocycles. The molecule has 0 bridgehead atoms. The van der Waals surface area contributed by atoms with Gasteiger partial charge in [0.05, 0.1) is 0 Å². The maximum absolute atomic E-state index is 2.26. The third-order valence-electron chi connectivity index (χ3n) is 1.96. The van der Waals surface area contributed by atoms with Crippen LogP contribution in [0.2, 0.25) is 0 Å². The first-order valence-corrected chi connectivity index (χ1v) is 4.40. The van der Waals surface area contributed by atoms with Crippen LogP contribution in [0.1, 0.15) is 13.3 Å². The first kappa shape index (κ1) is 9.04. The number of pyridine rings is 1. The minimum absolute atomic E-state index is 1.12. The summed E-state index contributed by atoms with van der Waals surface area (Å²) >= 11 is 0.